The van der Waals surface area contributed by atoms with Gasteiger partial charge in [-0.15, -0.1) is 0 Å². The summed E-state index contributed by atoms with van der Waals surface area (Å²) in [4.78, 5) is 0. The first-order chi connectivity index (χ1) is 7.18. The number of aromatic nitrogens is 3. The van der Waals surface area contributed by atoms with Crippen molar-refractivity contribution >= 4 is 12.2 Å². The highest BCUT2D eigenvalue weighted by atomic mass is 32.1. The van der Waals surface area contributed by atoms with Crippen molar-refractivity contribution in [3.63, 3.8) is 0 Å². The topological polar surface area (TPSA) is 46.8 Å². The maximum Gasteiger partial charge on any atom is 0.195 e. The van der Waals surface area contributed by atoms with Gasteiger partial charge in [-0.3, -0.25) is 5.10 Å². The van der Waals surface area contributed by atoms with E-state index in [1.807, 2.05) is 23.6 Å². The highest BCUT2D eigenvalue weighted by Gasteiger charge is 2.11. The zero-order valence-corrected chi connectivity index (χ0v) is 9.54. The number of hydrogen-bond acceptors (Lipinski definition) is 3. The Morgan fingerprint density at radius 1 is 1.67 bits per heavy atom. The van der Waals surface area contributed by atoms with Crippen LogP contribution in [0.4, 0.5) is 0 Å². The highest BCUT2D eigenvalue weighted by molar-refractivity contribution is 7.71. The van der Waals surface area contributed by atoms with Gasteiger partial charge >= 0.3 is 0 Å². The first kappa shape index (κ1) is 10.2. The van der Waals surface area contributed by atoms with Crippen LogP contribution in [-0.4, -0.2) is 14.8 Å². The van der Waals surface area contributed by atoms with Crippen LogP contribution in [0.5, 0.6) is 0 Å². The fourth-order valence-electron chi connectivity index (χ4n) is 1.71. The third-order valence-electron chi connectivity index (χ3n) is 2.40. The molecule has 15 heavy (non-hydrogen) atoms. The van der Waals surface area contributed by atoms with Crippen molar-refractivity contribution in [2.24, 2.45) is 0 Å². The van der Waals surface area contributed by atoms with E-state index in [9.17, 15) is 0 Å². The van der Waals surface area contributed by atoms with Gasteiger partial charge in [0.25, 0.3) is 0 Å². The van der Waals surface area contributed by atoms with Crippen LogP contribution in [0.1, 0.15) is 24.6 Å². The Balaban J connectivity index is 2.22. The Hall–Kier alpha value is -1.36. The van der Waals surface area contributed by atoms with Crippen LogP contribution < -0.4 is 0 Å². The molecule has 0 aromatic carbocycles. The summed E-state index contributed by atoms with van der Waals surface area (Å²) in [5.41, 5.74) is 0. The lowest BCUT2D eigenvalue weighted by molar-refractivity contribution is 0.442. The largest absolute Gasteiger partial charge is 0.469 e. The van der Waals surface area contributed by atoms with Gasteiger partial charge in [-0.2, -0.15) is 5.10 Å². The van der Waals surface area contributed by atoms with Gasteiger partial charge in [-0.1, -0.05) is 0 Å². The SMILES string of the molecule is Cc1n[nH]c(=S)n1C(C)Cc1ccco1. The summed E-state index contributed by atoms with van der Waals surface area (Å²) in [5, 5.41) is 6.86. The maximum absolute atomic E-state index is 5.30. The van der Waals surface area contributed by atoms with Crippen LogP contribution in [0.25, 0.3) is 0 Å². The van der Waals surface area contributed by atoms with Crippen molar-refractivity contribution < 1.29 is 4.42 Å². The quantitative estimate of drug-likeness (QED) is 0.814. The predicted octanol–water partition coefficient (Wildman–Crippen LogP) is 2.65. The number of furan rings is 1. The van der Waals surface area contributed by atoms with E-state index in [2.05, 4.69) is 17.1 Å². The van der Waals surface area contributed by atoms with Gasteiger partial charge in [0, 0.05) is 12.5 Å². The minimum Gasteiger partial charge on any atom is -0.469 e. The summed E-state index contributed by atoms with van der Waals surface area (Å²) in [6, 6.07) is 4.11. The average Bonchev–Trinajstić information content (AvgIpc) is 2.77. The number of H-pyrrole nitrogens is 1. The van der Waals surface area contributed by atoms with E-state index in [4.69, 9.17) is 16.6 Å². The Morgan fingerprint density at radius 3 is 3.00 bits per heavy atom. The lowest BCUT2D eigenvalue weighted by Gasteiger charge is -2.12. The molecule has 0 radical (unpaired) electrons. The first-order valence-electron chi connectivity index (χ1n) is 4.84. The molecule has 0 aliphatic rings. The Morgan fingerprint density at radius 2 is 2.47 bits per heavy atom. The van der Waals surface area contributed by atoms with E-state index in [1.54, 1.807) is 6.26 Å². The van der Waals surface area contributed by atoms with E-state index in [1.165, 1.54) is 0 Å². The van der Waals surface area contributed by atoms with Gasteiger partial charge in [0.1, 0.15) is 11.6 Å². The van der Waals surface area contributed by atoms with Gasteiger partial charge in [0.2, 0.25) is 0 Å². The molecule has 1 unspecified atom stereocenters. The molecule has 2 aromatic rings. The molecule has 0 aliphatic heterocycles. The molecule has 0 aliphatic carbocycles. The molecule has 5 heteroatoms. The minimum atomic E-state index is 0.252. The zero-order chi connectivity index (χ0) is 10.8. The lowest BCUT2D eigenvalue weighted by Crippen LogP contribution is -2.09. The number of aryl methyl sites for hydroxylation is 1. The van der Waals surface area contributed by atoms with Crippen molar-refractivity contribution in [2.45, 2.75) is 26.3 Å². The van der Waals surface area contributed by atoms with Crippen molar-refractivity contribution in [1.29, 1.82) is 0 Å². The molecular formula is C10H13N3OS. The highest BCUT2D eigenvalue weighted by Crippen LogP contribution is 2.15. The van der Waals surface area contributed by atoms with Gasteiger partial charge in [-0.05, 0) is 38.2 Å². The van der Waals surface area contributed by atoms with Crippen molar-refractivity contribution in [3.8, 4) is 0 Å². The summed E-state index contributed by atoms with van der Waals surface area (Å²) in [5.74, 6) is 1.86. The van der Waals surface area contributed by atoms with E-state index in [0.717, 1.165) is 18.0 Å². The first-order valence-corrected chi connectivity index (χ1v) is 5.25. The van der Waals surface area contributed by atoms with Gasteiger partial charge < -0.3 is 8.98 Å². The molecule has 1 N–H and O–H groups in total. The van der Waals surface area contributed by atoms with Crippen molar-refractivity contribution in [1.82, 2.24) is 14.8 Å². The van der Waals surface area contributed by atoms with Gasteiger partial charge in [-0.25, -0.2) is 0 Å². The molecule has 80 valence electrons. The predicted molar refractivity (Wildman–Crippen MR) is 59.3 cm³/mol. The standard InChI is InChI=1S/C10H13N3OS/c1-7(6-9-4-3-5-14-9)13-8(2)11-12-10(13)15/h3-5,7H,6H2,1-2H3,(H,12,15). The molecule has 0 fully saturated rings. The molecule has 2 aromatic heterocycles. The second kappa shape index (κ2) is 4.02. The van der Waals surface area contributed by atoms with Crippen LogP contribution >= 0.6 is 12.2 Å². The van der Waals surface area contributed by atoms with Crippen molar-refractivity contribution in [2.75, 3.05) is 0 Å². The zero-order valence-electron chi connectivity index (χ0n) is 8.73. The van der Waals surface area contributed by atoms with Crippen LogP contribution in [0.15, 0.2) is 22.8 Å². The van der Waals surface area contributed by atoms with Crippen LogP contribution in [0.3, 0.4) is 0 Å². The summed E-state index contributed by atoms with van der Waals surface area (Å²) in [7, 11) is 0. The Kier molecular flexibility index (Phi) is 2.73. The third-order valence-corrected chi connectivity index (χ3v) is 2.69. The number of hydrogen-bond donors (Lipinski definition) is 1. The molecule has 0 bridgehead atoms. The van der Waals surface area contributed by atoms with Crippen LogP contribution in [0.2, 0.25) is 0 Å². The molecule has 2 rings (SSSR count). The summed E-state index contributed by atoms with van der Waals surface area (Å²) in [6.07, 6.45) is 2.51. The van der Waals surface area contributed by atoms with E-state index in [-0.39, 0.29) is 6.04 Å². The summed E-state index contributed by atoms with van der Waals surface area (Å²) < 4.78 is 7.96. The number of rotatable bonds is 3. The fraction of sp³-hybridized carbons (Fsp3) is 0.400. The molecular weight excluding hydrogens is 210 g/mol. The molecule has 0 spiro atoms. The van der Waals surface area contributed by atoms with E-state index < -0.39 is 0 Å². The monoisotopic (exact) mass is 223 g/mol. The summed E-state index contributed by atoms with van der Waals surface area (Å²) >= 11 is 5.16. The lowest BCUT2D eigenvalue weighted by atomic mass is 10.2. The van der Waals surface area contributed by atoms with Gasteiger partial charge in [0.05, 0.1) is 6.26 Å². The normalized spacial score (nSPS) is 12.9. The molecule has 4 nitrogen and oxygen atoms in total. The second-order valence-corrected chi connectivity index (χ2v) is 3.97. The molecule has 2 heterocycles. The maximum atomic E-state index is 5.30. The molecule has 0 amide bonds. The van der Waals surface area contributed by atoms with Crippen molar-refractivity contribution in [3.05, 3.63) is 34.8 Å². The Labute approximate surface area is 92.9 Å². The molecule has 1 atom stereocenters. The number of nitrogens with zero attached hydrogens (tertiary/aromatic N) is 2. The smallest absolute Gasteiger partial charge is 0.195 e. The Bertz CT molecular complexity index is 483. The third kappa shape index (κ3) is 2.02. The van der Waals surface area contributed by atoms with E-state index in [0.29, 0.717) is 4.77 Å². The molecule has 0 saturated carbocycles. The van der Waals surface area contributed by atoms with E-state index >= 15 is 0 Å². The minimum absolute atomic E-state index is 0.252. The van der Waals surface area contributed by atoms with Crippen LogP contribution in [-0.2, 0) is 6.42 Å². The van der Waals surface area contributed by atoms with Crippen LogP contribution in [0, 0.1) is 11.7 Å². The number of aromatic amines is 1. The fourth-order valence-corrected chi connectivity index (χ4v) is 2.07. The number of nitrogens with one attached hydrogen (secondary N) is 1. The second-order valence-electron chi connectivity index (χ2n) is 3.58. The van der Waals surface area contributed by atoms with Gasteiger partial charge in [0.15, 0.2) is 4.77 Å². The molecule has 0 saturated heterocycles. The summed E-state index contributed by atoms with van der Waals surface area (Å²) in [6.45, 7) is 4.03. The average molecular weight is 223 g/mol.